The van der Waals surface area contributed by atoms with Gasteiger partial charge in [-0.25, -0.2) is 0 Å². The zero-order valence-electron chi connectivity index (χ0n) is 11.8. The van der Waals surface area contributed by atoms with Crippen molar-refractivity contribution in [3.8, 4) is 17.3 Å². The van der Waals surface area contributed by atoms with Crippen molar-refractivity contribution in [2.75, 3.05) is 0 Å². The number of para-hydroxylation sites is 1. The van der Waals surface area contributed by atoms with Crippen LogP contribution in [0.1, 0.15) is 5.01 Å². The van der Waals surface area contributed by atoms with Crippen molar-refractivity contribution in [3.63, 3.8) is 0 Å². The first kappa shape index (κ1) is 14.1. The van der Waals surface area contributed by atoms with Gasteiger partial charge in [-0.15, -0.1) is 10.2 Å². The second-order valence-electron chi connectivity index (χ2n) is 4.65. The highest BCUT2D eigenvalue weighted by Crippen LogP contribution is 2.25. The normalized spacial score (nSPS) is 11.0. The predicted octanol–water partition coefficient (Wildman–Crippen LogP) is 3.48. The van der Waals surface area contributed by atoms with Crippen molar-refractivity contribution in [2.24, 2.45) is 0 Å². The molecule has 3 heterocycles. The molecule has 0 spiro atoms. The zero-order chi connectivity index (χ0) is 15.6. The van der Waals surface area contributed by atoms with Crippen LogP contribution in [0.25, 0.3) is 16.5 Å². The lowest BCUT2D eigenvalue weighted by Gasteiger charge is -2.04. The van der Waals surface area contributed by atoms with Crippen molar-refractivity contribution in [3.05, 3.63) is 58.7 Å². The van der Waals surface area contributed by atoms with Crippen LogP contribution in [0, 0.1) is 0 Å². The molecule has 0 aliphatic carbocycles. The first-order valence-corrected chi connectivity index (χ1v) is 8.00. The van der Waals surface area contributed by atoms with Gasteiger partial charge in [0.1, 0.15) is 18.1 Å². The number of rotatable bonds is 4. The fourth-order valence-electron chi connectivity index (χ4n) is 2.07. The summed E-state index contributed by atoms with van der Waals surface area (Å²) < 4.78 is 7.39. The molecule has 6 nitrogen and oxygen atoms in total. The second-order valence-corrected chi connectivity index (χ2v) is 6.10. The van der Waals surface area contributed by atoms with E-state index in [1.807, 2.05) is 36.4 Å². The van der Waals surface area contributed by atoms with Crippen LogP contribution in [0.3, 0.4) is 0 Å². The summed E-state index contributed by atoms with van der Waals surface area (Å²) in [5, 5.41) is 14.1. The Bertz CT molecular complexity index is 953. The summed E-state index contributed by atoms with van der Waals surface area (Å²) in [4.78, 5) is 4.98. The third-order valence-electron chi connectivity index (χ3n) is 3.11. The van der Waals surface area contributed by atoms with E-state index < -0.39 is 0 Å². The molecule has 3 aromatic heterocycles. The number of hydrogen-bond acceptors (Lipinski definition) is 6. The van der Waals surface area contributed by atoms with E-state index in [0.29, 0.717) is 28.2 Å². The number of hydrogen-bond donors (Lipinski definition) is 0. The molecule has 0 N–H and O–H groups in total. The van der Waals surface area contributed by atoms with Crippen LogP contribution in [0.5, 0.6) is 5.75 Å². The van der Waals surface area contributed by atoms with E-state index >= 15 is 0 Å². The Hall–Kier alpha value is -2.51. The second kappa shape index (κ2) is 5.94. The molecule has 0 aliphatic heterocycles. The number of nitrogens with zero attached hydrogens (tertiary/aromatic N) is 5. The van der Waals surface area contributed by atoms with Crippen LogP contribution in [0.15, 0.2) is 48.7 Å². The van der Waals surface area contributed by atoms with E-state index in [-0.39, 0.29) is 0 Å². The molecule has 0 aliphatic rings. The summed E-state index contributed by atoms with van der Waals surface area (Å²) >= 11 is 7.50. The van der Waals surface area contributed by atoms with Gasteiger partial charge in [-0.1, -0.05) is 41.1 Å². The maximum Gasteiger partial charge on any atom is 0.235 e. The molecule has 0 bridgehead atoms. The molecular weight excluding hydrogens is 334 g/mol. The Morgan fingerprint density at radius 1 is 1.09 bits per heavy atom. The van der Waals surface area contributed by atoms with Gasteiger partial charge in [-0.3, -0.25) is 4.98 Å². The van der Waals surface area contributed by atoms with Crippen LogP contribution < -0.4 is 4.74 Å². The lowest BCUT2D eigenvalue weighted by atomic mass is 10.3. The number of fused-ring (bicyclic) bond motifs is 1. The highest BCUT2D eigenvalue weighted by atomic mass is 35.5. The molecule has 0 fully saturated rings. The topological polar surface area (TPSA) is 65.2 Å². The number of aromatic nitrogens is 5. The fraction of sp³-hybridized carbons (Fsp3) is 0.0667. The Labute approximate surface area is 140 Å². The molecule has 0 atom stereocenters. The predicted molar refractivity (Wildman–Crippen MR) is 87.7 cm³/mol. The highest BCUT2D eigenvalue weighted by molar-refractivity contribution is 7.16. The molecule has 4 aromatic rings. The smallest absolute Gasteiger partial charge is 0.235 e. The summed E-state index contributed by atoms with van der Waals surface area (Å²) in [6.45, 7) is 0.319. The van der Waals surface area contributed by atoms with Crippen LogP contribution in [0.2, 0.25) is 5.02 Å². The minimum absolute atomic E-state index is 0.319. The van der Waals surface area contributed by atoms with Crippen molar-refractivity contribution >= 4 is 27.9 Å². The Morgan fingerprint density at radius 3 is 2.78 bits per heavy atom. The molecule has 1 aromatic carbocycles. The number of ether oxygens (including phenoxy) is 1. The van der Waals surface area contributed by atoms with Crippen molar-refractivity contribution < 1.29 is 4.74 Å². The number of halogens is 1. The summed E-state index contributed by atoms with van der Waals surface area (Å²) in [5.41, 5.74) is 0.726. The number of benzene rings is 1. The van der Waals surface area contributed by atoms with Crippen LogP contribution >= 0.6 is 22.9 Å². The van der Waals surface area contributed by atoms with Crippen molar-refractivity contribution in [1.29, 1.82) is 0 Å². The standard InChI is InChI=1S/C15H10ClN5OS/c16-10-5-1-2-7-12(10)22-9-13-20-21-14(18-19-15(21)23-13)11-6-3-4-8-17-11/h1-8H,9H2. The number of pyridine rings is 1. The summed E-state index contributed by atoms with van der Waals surface area (Å²) in [7, 11) is 0. The summed E-state index contributed by atoms with van der Waals surface area (Å²) in [6, 6.07) is 13.0. The van der Waals surface area contributed by atoms with E-state index in [1.165, 1.54) is 11.3 Å². The van der Waals surface area contributed by atoms with Gasteiger partial charge in [0.15, 0.2) is 5.01 Å². The molecule has 8 heteroatoms. The first-order valence-electron chi connectivity index (χ1n) is 6.81. The molecular formula is C15H10ClN5OS. The van der Waals surface area contributed by atoms with E-state index in [9.17, 15) is 0 Å². The fourth-order valence-corrected chi connectivity index (χ4v) is 3.01. The van der Waals surface area contributed by atoms with Crippen molar-refractivity contribution in [1.82, 2.24) is 24.8 Å². The molecule has 0 saturated heterocycles. The maximum absolute atomic E-state index is 6.08. The van der Waals surface area contributed by atoms with Gasteiger partial charge >= 0.3 is 0 Å². The van der Waals surface area contributed by atoms with E-state index in [4.69, 9.17) is 16.3 Å². The van der Waals surface area contributed by atoms with Crippen LogP contribution in [-0.4, -0.2) is 24.8 Å². The van der Waals surface area contributed by atoms with Gasteiger partial charge in [0, 0.05) is 6.20 Å². The Kier molecular flexibility index (Phi) is 3.64. The average Bonchev–Trinajstić information content (AvgIpc) is 3.15. The van der Waals surface area contributed by atoms with Crippen LogP contribution in [0.4, 0.5) is 0 Å². The molecule has 0 unspecified atom stereocenters. The van der Waals surface area contributed by atoms with Crippen molar-refractivity contribution in [2.45, 2.75) is 6.61 Å². The molecule has 23 heavy (non-hydrogen) atoms. The van der Waals surface area contributed by atoms with Gasteiger partial charge in [0.05, 0.1) is 5.02 Å². The van der Waals surface area contributed by atoms with Gasteiger partial charge in [-0.2, -0.15) is 9.61 Å². The zero-order valence-corrected chi connectivity index (χ0v) is 13.3. The van der Waals surface area contributed by atoms with E-state index in [0.717, 1.165) is 10.7 Å². The lowest BCUT2D eigenvalue weighted by molar-refractivity contribution is 0.304. The molecule has 4 rings (SSSR count). The molecule has 0 radical (unpaired) electrons. The average molecular weight is 344 g/mol. The molecule has 0 amide bonds. The summed E-state index contributed by atoms with van der Waals surface area (Å²) in [5.74, 6) is 1.24. The van der Waals surface area contributed by atoms with E-state index in [1.54, 1.807) is 16.8 Å². The maximum atomic E-state index is 6.08. The minimum Gasteiger partial charge on any atom is -0.485 e. The van der Waals surface area contributed by atoms with E-state index in [2.05, 4.69) is 20.3 Å². The van der Waals surface area contributed by atoms with Gasteiger partial charge in [-0.05, 0) is 24.3 Å². The Balaban J connectivity index is 1.60. The highest BCUT2D eigenvalue weighted by Gasteiger charge is 2.14. The Morgan fingerprint density at radius 2 is 1.96 bits per heavy atom. The lowest BCUT2D eigenvalue weighted by Crippen LogP contribution is -1.98. The quantitative estimate of drug-likeness (QED) is 0.567. The van der Waals surface area contributed by atoms with Gasteiger partial charge in [0.25, 0.3) is 0 Å². The third-order valence-corrected chi connectivity index (χ3v) is 4.30. The van der Waals surface area contributed by atoms with Gasteiger partial charge < -0.3 is 4.74 Å². The van der Waals surface area contributed by atoms with Gasteiger partial charge in [0.2, 0.25) is 10.8 Å². The first-order chi connectivity index (χ1) is 11.3. The SMILES string of the molecule is Clc1ccccc1OCc1nn2c(-c3ccccn3)nnc2s1. The summed E-state index contributed by atoms with van der Waals surface area (Å²) in [6.07, 6.45) is 1.71. The largest absolute Gasteiger partial charge is 0.485 e. The molecule has 0 saturated carbocycles. The third kappa shape index (κ3) is 2.76. The van der Waals surface area contributed by atoms with Crippen LogP contribution in [-0.2, 0) is 6.61 Å². The monoisotopic (exact) mass is 343 g/mol. The molecule has 114 valence electrons. The minimum atomic E-state index is 0.319.